The van der Waals surface area contributed by atoms with Crippen molar-refractivity contribution in [3.05, 3.63) is 78.5 Å². The molecule has 0 unspecified atom stereocenters. The Bertz CT molecular complexity index is 1130. The normalized spacial score (nSPS) is 12.9. The Balaban J connectivity index is 1.87. The van der Waals surface area contributed by atoms with Crippen molar-refractivity contribution < 1.29 is 0 Å². The second kappa shape index (κ2) is 8.98. The molecule has 0 aliphatic rings. The van der Waals surface area contributed by atoms with E-state index in [9.17, 15) is 9.59 Å². The number of hydrogen-bond donors (Lipinski definition) is 2. The fraction of sp³-hybridized carbons (Fsp3) is 0.211. The lowest BCUT2D eigenvalue weighted by molar-refractivity contribution is 0.437. The first-order valence-corrected chi connectivity index (χ1v) is 10.1. The molecule has 3 aromatic rings. The summed E-state index contributed by atoms with van der Waals surface area (Å²) in [6, 6.07) is 7.57. The van der Waals surface area contributed by atoms with E-state index in [2.05, 4.69) is 19.9 Å². The molecule has 6 nitrogen and oxygen atoms in total. The van der Waals surface area contributed by atoms with Crippen LogP contribution in [0.1, 0.15) is 10.4 Å². The Morgan fingerprint density at radius 3 is 2.52 bits per heavy atom. The van der Waals surface area contributed by atoms with Crippen LogP contribution in [0.5, 0.6) is 0 Å². The molecular formula is C19H20N4O2S2. The van der Waals surface area contributed by atoms with E-state index in [1.165, 1.54) is 4.21 Å². The van der Waals surface area contributed by atoms with E-state index in [4.69, 9.17) is 0 Å². The lowest BCUT2D eigenvalue weighted by Gasteiger charge is -2.07. The van der Waals surface area contributed by atoms with Gasteiger partial charge < -0.3 is 14.9 Å². The summed E-state index contributed by atoms with van der Waals surface area (Å²) >= 11 is 3.38. The first-order chi connectivity index (χ1) is 13.0. The summed E-state index contributed by atoms with van der Waals surface area (Å²) in [4.78, 5) is 37.0. The van der Waals surface area contributed by atoms with Gasteiger partial charge in [0.1, 0.15) is 10.7 Å². The van der Waals surface area contributed by atoms with Crippen molar-refractivity contribution >= 4 is 35.3 Å². The number of aromatic nitrogens is 3. The Kier molecular flexibility index (Phi) is 6.44. The molecule has 3 heterocycles. The topological polar surface area (TPSA) is 81.8 Å². The predicted octanol–water partition coefficient (Wildman–Crippen LogP) is 0.831. The number of nitrogens with zero attached hydrogens (tertiary/aromatic N) is 2. The fourth-order valence-electron chi connectivity index (χ4n) is 2.28. The monoisotopic (exact) mass is 400 g/mol. The predicted molar refractivity (Wildman–Crippen MR) is 112 cm³/mol. The molecule has 0 saturated carbocycles. The van der Waals surface area contributed by atoms with Crippen LogP contribution in [0.15, 0.2) is 50.5 Å². The average molecular weight is 401 g/mol. The van der Waals surface area contributed by atoms with Gasteiger partial charge in [-0.1, -0.05) is 6.07 Å². The van der Waals surface area contributed by atoms with Crippen molar-refractivity contribution in [3.63, 3.8) is 0 Å². The van der Waals surface area contributed by atoms with Gasteiger partial charge in [-0.2, -0.15) is 0 Å². The third-order valence-corrected chi connectivity index (χ3v) is 5.89. The van der Waals surface area contributed by atoms with Crippen molar-refractivity contribution in [3.8, 4) is 0 Å². The van der Waals surface area contributed by atoms with Gasteiger partial charge in [-0.3, -0.25) is 14.6 Å². The molecule has 3 aromatic heterocycles. The van der Waals surface area contributed by atoms with Crippen LogP contribution < -0.4 is 21.8 Å². The minimum Gasteiger partial charge on any atom is -0.316 e. The van der Waals surface area contributed by atoms with Gasteiger partial charge in [0, 0.05) is 29.6 Å². The molecule has 0 amide bonds. The number of pyridine rings is 1. The lowest BCUT2D eigenvalue weighted by Crippen LogP contribution is -2.46. The van der Waals surface area contributed by atoms with E-state index >= 15 is 0 Å². The summed E-state index contributed by atoms with van der Waals surface area (Å²) in [5, 5.41) is 0.450. The van der Waals surface area contributed by atoms with E-state index in [-0.39, 0.29) is 21.8 Å². The van der Waals surface area contributed by atoms with Crippen LogP contribution in [-0.4, -0.2) is 46.2 Å². The number of thioether (sulfide) groups is 1. The molecule has 0 spiro atoms. The Labute approximate surface area is 164 Å². The van der Waals surface area contributed by atoms with Gasteiger partial charge in [0.2, 0.25) is 0 Å². The molecule has 0 bridgehead atoms. The summed E-state index contributed by atoms with van der Waals surface area (Å²) in [5.41, 5.74) is 0.0646. The van der Waals surface area contributed by atoms with Gasteiger partial charge in [-0.25, -0.2) is 0 Å². The van der Waals surface area contributed by atoms with E-state index in [1.807, 2.05) is 32.3 Å². The average Bonchev–Trinajstić information content (AvgIpc) is 3.07. The first kappa shape index (κ1) is 19.3. The highest BCUT2D eigenvalue weighted by Crippen LogP contribution is 2.27. The summed E-state index contributed by atoms with van der Waals surface area (Å²) in [6.07, 6.45) is 6.58. The van der Waals surface area contributed by atoms with Crippen LogP contribution >= 0.6 is 23.1 Å². The molecule has 0 aromatic carbocycles. The van der Waals surface area contributed by atoms with Gasteiger partial charge in [-0.15, -0.1) is 23.1 Å². The minimum absolute atomic E-state index is 0.205. The molecule has 0 saturated heterocycles. The maximum absolute atomic E-state index is 12.3. The largest absolute Gasteiger partial charge is 0.316 e. The summed E-state index contributed by atoms with van der Waals surface area (Å²) < 4.78 is 1.18. The van der Waals surface area contributed by atoms with Crippen molar-refractivity contribution in [1.29, 1.82) is 0 Å². The summed E-state index contributed by atoms with van der Waals surface area (Å²) in [6.45, 7) is 1.00. The zero-order valence-corrected chi connectivity index (χ0v) is 16.7. The number of nitrogens with one attached hydrogen (secondary N) is 2. The fourth-order valence-corrected chi connectivity index (χ4v) is 4.56. The van der Waals surface area contributed by atoms with Crippen molar-refractivity contribution in [1.82, 2.24) is 19.9 Å². The maximum Gasteiger partial charge on any atom is 0.272 e. The zero-order chi connectivity index (χ0) is 19.2. The Morgan fingerprint density at radius 2 is 1.85 bits per heavy atom. The highest BCUT2D eigenvalue weighted by Gasteiger charge is 2.01. The lowest BCUT2D eigenvalue weighted by atomic mass is 10.2. The molecule has 0 aliphatic heterocycles. The minimum atomic E-state index is -0.346. The van der Waals surface area contributed by atoms with Crippen LogP contribution in [-0.2, 0) is 0 Å². The molecular weight excluding hydrogens is 380 g/mol. The summed E-state index contributed by atoms with van der Waals surface area (Å²) in [5.74, 6) is 1.00. The van der Waals surface area contributed by atoms with E-state index in [1.54, 1.807) is 53.7 Å². The van der Waals surface area contributed by atoms with E-state index < -0.39 is 0 Å². The maximum atomic E-state index is 12.3. The second-order valence-corrected chi connectivity index (χ2v) is 8.63. The quantitative estimate of drug-likeness (QED) is 0.599. The molecule has 8 heteroatoms. The molecule has 0 aliphatic carbocycles. The molecule has 0 fully saturated rings. The number of H-pyrrole nitrogens is 2. The summed E-state index contributed by atoms with van der Waals surface area (Å²) in [7, 11) is 4.10. The highest BCUT2D eigenvalue weighted by atomic mass is 32.2. The van der Waals surface area contributed by atoms with Gasteiger partial charge in [0.05, 0.1) is 4.21 Å². The molecule has 0 radical (unpaired) electrons. The molecule has 140 valence electrons. The van der Waals surface area contributed by atoms with Crippen molar-refractivity contribution in [2.24, 2.45) is 0 Å². The van der Waals surface area contributed by atoms with Gasteiger partial charge in [0.15, 0.2) is 0 Å². The smallest absolute Gasteiger partial charge is 0.272 e. The van der Waals surface area contributed by atoms with Gasteiger partial charge in [-0.05, 0) is 50.0 Å². The number of hydrogen-bond acceptors (Lipinski definition) is 6. The van der Waals surface area contributed by atoms with Gasteiger partial charge >= 0.3 is 0 Å². The third kappa shape index (κ3) is 5.53. The number of aromatic amines is 2. The highest BCUT2D eigenvalue weighted by molar-refractivity contribution is 8.01. The van der Waals surface area contributed by atoms with Crippen LogP contribution in [0.3, 0.4) is 0 Å². The second-order valence-electron chi connectivity index (χ2n) is 6.12. The molecule has 3 rings (SSSR count). The molecule has 2 N–H and O–H groups in total. The standard InChI is InChI=1S/C19H20N4O2S2/c1-23(2)8-9-26-17-6-5-14(27-17)11-16-19(25)21-15(18(24)22-16)10-13-4-3-7-20-12-13/h3-7,10-12H,8-9H2,1-2H3,(H,21,25)(H,22,24)/b15-10-,16-11-. The Hall–Kier alpha value is -2.42. The van der Waals surface area contributed by atoms with Crippen molar-refractivity contribution in [2.45, 2.75) is 4.21 Å². The van der Waals surface area contributed by atoms with E-state index in [0.29, 0.717) is 0 Å². The number of thiophene rings is 1. The number of rotatable bonds is 6. The van der Waals surface area contributed by atoms with Gasteiger partial charge in [0.25, 0.3) is 11.1 Å². The Morgan fingerprint density at radius 1 is 1.11 bits per heavy atom. The molecule has 27 heavy (non-hydrogen) atoms. The van der Waals surface area contributed by atoms with Crippen LogP contribution in [0.25, 0.3) is 12.2 Å². The van der Waals surface area contributed by atoms with Crippen molar-refractivity contribution in [2.75, 3.05) is 26.4 Å². The van der Waals surface area contributed by atoms with E-state index in [0.717, 1.165) is 22.7 Å². The third-order valence-electron chi connectivity index (χ3n) is 3.65. The van der Waals surface area contributed by atoms with Crippen LogP contribution in [0.2, 0.25) is 0 Å². The van der Waals surface area contributed by atoms with Crippen LogP contribution in [0, 0.1) is 0 Å². The SMILES string of the molecule is CN(C)CCSc1ccc(/C=c2\[nH]c(=O)/c(=C/c3cccnc3)[nH]c2=O)s1. The zero-order valence-electron chi connectivity index (χ0n) is 15.1. The first-order valence-electron chi connectivity index (χ1n) is 8.35. The van der Waals surface area contributed by atoms with Crippen LogP contribution in [0.4, 0.5) is 0 Å². The molecule has 0 atom stereocenters.